The summed E-state index contributed by atoms with van der Waals surface area (Å²) in [5.41, 5.74) is 5.78. The number of amides is 1. The zero-order valence-electron chi connectivity index (χ0n) is 9.48. The molecule has 0 spiro atoms. The first kappa shape index (κ1) is 11.8. The third kappa shape index (κ3) is 2.54. The predicted octanol–water partition coefficient (Wildman–Crippen LogP) is -1.25. The largest absolute Gasteiger partial charge is 0.332 e. The second kappa shape index (κ2) is 5.11. The van der Waals surface area contributed by atoms with Crippen LogP contribution in [0.5, 0.6) is 0 Å². The van der Waals surface area contributed by atoms with E-state index in [1.165, 1.54) is 12.3 Å². The first-order valence-corrected chi connectivity index (χ1v) is 5.63. The summed E-state index contributed by atoms with van der Waals surface area (Å²) in [5, 5.41) is 3.19. The van der Waals surface area contributed by atoms with E-state index in [1.54, 1.807) is 11.0 Å². The molecule has 1 amide bonds. The van der Waals surface area contributed by atoms with E-state index in [0.717, 1.165) is 6.54 Å². The molecule has 6 heteroatoms. The lowest BCUT2D eigenvalue weighted by Crippen LogP contribution is -2.56. The fourth-order valence-electron chi connectivity index (χ4n) is 1.98. The summed E-state index contributed by atoms with van der Waals surface area (Å²) in [6.07, 6.45) is 1.48. The maximum absolute atomic E-state index is 12.2. The summed E-state index contributed by atoms with van der Waals surface area (Å²) < 4.78 is 0. The molecular formula is C11H16N4O2. The Morgan fingerprint density at radius 2 is 2.41 bits per heavy atom. The predicted molar refractivity (Wildman–Crippen MR) is 63.8 cm³/mol. The molecule has 2 rings (SSSR count). The Hall–Kier alpha value is -1.66. The molecule has 1 atom stereocenters. The van der Waals surface area contributed by atoms with E-state index in [-0.39, 0.29) is 17.5 Å². The van der Waals surface area contributed by atoms with Crippen molar-refractivity contribution in [3.05, 3.63) is 34.2 Å². The van der Waals surface area contributed by atoms with E-state index in [2.05, 4.69) is 10.3 Å². The second-order valence-corrected chi connectivity index (χ2v) is 4.03. The molecule has 1 fully saturated rings. The lowest BCUT2D eigenvalue weighted by Gasteiger charge is -2.35. The number of nitrogens with zero attached hydrogens (tertiary/aromatic N) is 1. The summed E-state index contributed by atoms with van der Waals surface area (Å²) in [6.45, 7) is 2.49. The van der Waals surface area contributed by atoms with Gasteiger partial charge in [0.1, 0.15) is 0 Å². The Balaban J connectivity index is 2.21. The highest BCUT2D eigenvalue weighted by molar-refractivity contribution is 5.94. The summed E-state index contributed by atoms with van der Waals surface area (Å²) in [4.78, 5) is 27.6. The van der Waals surface area contributed by atoms with E-state index >= 15 is 0 Å². The lowest BCUT2D eigenvalue weighted by molar-refractivity contribution is 0.0644. The number of hydrogen-bond donors (Lipinski definition) is 3. The van der Waals surface area contributed by atoms with Gasteiger partial charge in [-0.15, -0.1) is 0 Å². The number of H-pyrrole nitrogens is 1. The molecular weight excluding hydrogens is 220 g/mol. The number of carbonyl (C=O) groups excluding carboxylic acids is 1. The average molecular weight is 236 g/mol. The van der Waals surface area contributed by atoms with Gasteiger partial charge in [-0.1, -0.05) is 0 Å². The van der Waals surface area contributed by atoms with Crippen LogP contribution in [-0.4, -0.2) is 48.0 Å². The highest BCUT2D eigenvalue weighted by Crippen LogP contribution is 2.08. The first-order chi connectivity index (χ1) is 8.22. The number of aromatic amines is 1. The van der Waals surface area contributed by atoms with Gasteiger partial charge in [-0.25, -0.2) is 0 Å². The molecule has 1 aromatic rings. The summed E-state index contributed by atoms with van der Waals surface area (Å²) in [6, 6.07) is 2.92. The molecule has 17 heavy (non-hydrogen) atoms. The highest BCUT2D eigenvalue weighted by Gasteiger charge is 2.26. The normalized spacial score (nSPS) is 20.3. The van der Waals surface area contributed by atoms with Crippen molar-refractivity contribution in [2.24, 2.45) is 5.73 Å². The van der Waals surface area contributed by atoms with Crippen LogP contribution in [0.15, 0.2) is 23.1 Å². The second-order valence-electron chi connectivity index (χ2n) is 4.03. The third-order valence-corrected chi connectivity index (χ3v) is 2.91. The Morgan fingerprint density at radius 1 is 1.59 bits per heavy atom. The van der Waals surface area contributed by atoms with Gasteiger partial charge in [0.05, 0.1) is 6.04 Å². The molecule has 6 nitrogen and oxygen atoms in total. The van der Waals surface area contributed by atoms with Crippen molar-refractivity contribution in [2.45, 2.75) is 6.04 Å². The van der Waals surface area contributed by atoms with Crippen LogP contribution in [-0.2, 0) is 0 Å². The maximum atomic E-state index is 12.2. The summed E-state index contributed by atoms with van der Waals surface area (Å²) in [7, 11) is 0. The van der Waals surface area contributed by atoms with Crippen molar-refractivity contribution in [3.63, 3.8) is 0 Å². The molecule has 1 aliphatic heterocycles. The van der Waals surface area contributed by atoms with Crippen LogP contribution < -0.4 is 16.6 Å². The molecule has 2 heterocycles. The standard InChI is InChI=1S/C11H16N4O2/c12-6-9-7-13-3-4-15(9)11(17)8-1-2-14-10(16)5-8/h1-2,5,9,13H,3-4,6-7,12H2,(H,14,16). The van der Waals surface area contributed by atoms with Gasteiger partial charge in [-0.2, -0.15) is 0 Å². The number of piperazine rings is 1. The van der Waals surface area contributed by atoms with Gasteiger partial charge in [-0.3, -0.25) is 9.59 Å². The van der Waals surface area contributed by atoms with Crippen LogP contribution in [0, 0.1) is 0 Å². The van der Waals surface area contributed by atoms with Crippen molar-refractivity contribution >= 4 is 5.91 Å². The number of rotatable bonds is 2. The lowest BCUT2D eigenvalue weighted by atomic mass is 10.1. The van der Waals surface area contributed by atoms with Crippen molar-refractivity contribution in [2.75, 3.05) is 26.2 Å². The third-order valence-electron chi connectivity index (χ3n) is 2.91. The van der Waals surface area contributed by atoms with Crippen LogP contribution in [0.4, 0.5) is 0 Å². The number of pyridine rings is 1. The SMILES string of the molecule is NCC1CNCCN1C(=O)c1cc[nH]c(=O)c1. The van der Waals surface area contributed by atoms with Crippen LogP contribution in [0.3, 0.4) is 0 Å². The topological polar surface area (TPSA) is 91.2 Å². The van der Waals surface area contributed by atoms with Gasteiger partial charge >= 0.3 is 0 Å². The Bertz CT molecular complexity index is 457. The average Bonchev–Trinajstić information content (AvgIpc) is 2.38. The Kier molecular flexibility index (Phi) is 3.55. The Morgan fingerprint density at radius 3 is 3.12 bits per heavy atom. The van der Waals surface area contributed by atoms with E-state index in [4.69, 9.17) is 5.73 Å². The molecule has 0 bridgehead atoms. The smallest absolute Gasteiger partial charge is 0.254 e. The van der Waals surface area contributed by atoms with Gasteiger partial charge in [0.2, 0.25) is 5.56 Å². The van der Waals surface area contributed by atoms with E-state index in [0.29, 0.717) is 25.2 Å². The molecule has 1 aromatic heterocycles. The van der Waals surface area contributed by atoms with Gasteiger partial charge in [0.25, 0.3) is 5.91 Å². The molecule has 1 unspecified atom stereocenters. The monoisotopic (exact) mass is 236 g/mol. The van der Waals surface area contributed by atoms with Gasteiger partial charge in [0, 0.05) is 44.0 Å². The molecule has 0 aliphatic carbocycles. The van der Waals surface area contributed by atoms with E-state index < -0.39 is 0 Å². The molecule has 92 valence electrons. The van der Waals surface area contributed by atoms with Crippen molar-refractivity contribution < 1.29 is 4.79 Å². The fraction of sp³-hybridized carbons (Fsp3) is 0.455. The van der Waals surface area contributed by atoms with Crippen molar-refractivity contribution in [1.82, 2.24) is 15.2 Å². The van der Waals surface area contributed by atoms with Crippen molar-refractivity contribution in [1.29, 1.82) is 0 Å². The van der Waals surface area contributed by atoms with Crippen molar-refractivity contribution in [3.8, 4) is 0 Å². The van der Waals surface area contributed by atoms with Gasteiger partial charge in [-0.05, 0) is 6.07 Å². The number of nitrogens with one attached hydrogen (secondary N) is 2. The van der Waals surface area contributed by atoms with E-state index in [9.17, 15) is 9.59 Å². The Labute approximate surface area is 98.8 Å². The highest BCUT2D eigenvalue weighted by atomic mass is 16.2. The van der Waals surface area contributed by atoms with Crippen LogP contribution in [0.2, 0.25) is 0 Å². The number of nitrogens with two attached hydrogens (primary N) is 1. The van der Waals surface area contributed by atoms with Crippen LogP contribution in [0.1, 0.15) is 10.4 Å². The number of hydrogen-bond acceptors (Lipinski definition) is 4. The minimum Gasteiger partial charge on any atom is -0.332 e. The molecule has 1 aliphatic rings. The van der Waals surface area contributed by atoms with Gasteiger partial charge < -0.3 is 20.9 Å². The summed E-state index contributed by atoms with van der Waals surface area (Å²) >= 11 is 0. The zero-order valence-corrected chi connectivity index (χ0v) is 9.48. The minimum atomic E-state index is -0.268. The molecule has 1 saturated heterocycles. The zero-order chi connectivity index (χ0) is 12.3. The number of aromatic nitrogens is 1. The quantitative estimate of drug-likeness (QED) is 0.598. The molecule has 0 radical (unpaired) electrons. The fourth-order valence-corrected chi connectivity index (χ4v) is 1.98. The number of carbonyl (C=O) groups is 1. The van der Waals surface area contributed by atoms with Crippen LogP contribution in [0.25, 0.3) is 0 Å². The molecule has 0 saturated carbocycles. The minimum absolute atomic E-state index is 0.00413. The molecule has 4 N–H and O–H groups in total. The first-order valence-electron chi connectivity index (χ1n) is 5.63. The maximum Gasteiger partial charge on any atom is 0.254 e. The van der Waals surface area contributed by atoms with Crippen LogP contribution >= 0.6 is 0 Å². The van der Waals surface area contributed by atoms with E-state index in [1.807, 2.05) is 0 Å². The van der Waals surface area contributed by atoms with Gasteiger partial charge in [0.15, 0.2) is 0 Å². The molecule has 0 aromatic carbocycles. The summed E-state index contributed by atoms with van der Waals surface area (Å²) in [5.74, 6) is -0.131.